The van der Waals surface area contributed by atoms with Gasteiger partial charge in [0, 0.05) is 23.6 Å². The fourth-order valence-corrected chi connectivity index (χ4v) is 7.01. The van der Waals surface area contributed by atoms with E-state index in [0.717, 1.165) is 19.3 Å². The van der Waals surface area contributed by atoms with Gasteiger partial charge in [0.05, 0.1) is 12.5 Å². The number of hydrogen-bond donors (Lipinski definition) is 1. The molecule has 1 saturated carbocycles. The van der Waals surface area contributed by atoms with E-state index in [0.29, 0.717) is 23.8 Å². The summed E-state index contributed by atoms with van der Waals surface area (Å²) in [5, 5.41) is 3.88. The number of methoxy groups -OCH3 is 1. The van der Waals surface area contributed by atoms with Gasteiger partial charge in [0.25, 0.3) is 0 Å². The van der Waals surface area contributed by atoms with Crippen LogP contribution >= 0.6 is 0 Å². The van der Waals surface area contributed by atoms with Gasteiger partial charge in [-0.25, -0.2) is 0 Å². The molecule has 0 amide bonds. The van der Waals surface area contributed by atoms with E-state index in [-0.39, 0.29) is 11.4 Å². The minimum absolute atomic E-state index is 0.0369. The Morgan fingerprint density at radius 3 is 2.74 bits per heavy atom. The van der Waals surface area contributed by atoms with E-state index in [1.807, 2.05) is 0 Å². The van der Waals surface area contributed by atoms with Gasteiger partial charge in [-0.3, -0.25) is 4.79 Å². The maximum absolute atomic E-state index is 12.8. The van der Waals surface area contributed by atoms with E-state index in [4.69, 9.17) is 4.74 Å². The van der Waals surface area contributed by atoms with Crippen LogP contribution in [0.5, 0.6) is 0 Å². The first kappa shape index (κ1) is 17.3. The Hall–Kier alpha value is -1.77. The first-order chi connectivity index (χ1) is 12.9. The fourth-order valence-electron chi connectivity index (χ4n) is 7.01. The van der Waals surface area contributed by atoms with E-state index in [1.165, 1.54) is 29.7 Å². The average Bonchev–Trinajstić information content (AvgIpc) is 3.03. The summed E-state index contributed by atoms with van der Waals surface area (Å²) in [5.41, 5.74) is 5.62. The lowest BCUT2D eigenvalue weighted by Crippen LogP contribution is -2.53. The third-order valence-corrected chi connectivity index (χ3v) is 8.68. The maximum Gasteiger partial charge on any atom is 0.315 e. The first-order valence-corrected chi connectivity index (χ1v) is 10.6. The topological polar surface area (TPSA) is 38.3 Å². The zero-order valence-corrected chi connectivity index (χ0v) is 17.0. The fraction of sp³-hybridized carbons (Fsp3) is 0.625. The highest BCUT2D eigenvalue weighted by atomic mass is 16.5. The van der Waals surface area contributed by atoms with Gasteiger partial charge >= 0.3 is 5.97 Å². The molecule has 0 unspecified atom stereocenters. The van der Waals surface area contributed by atoms with Crippen LogP contribution in [-0.4, -0.2) is 19.1 Å². The van der Waals surface area contributed by atoms with Crippen molar-refractivity contribution >= 4 is 11.7 Å². The quantitative estimate of drug-likeness (QED) is 0.543. The predicted octanol–water partition coefficient (Wildman–Crippen LogP) is 5.29. The summed E-state index contributed by atoms with van der Waals surface area (Å²) in [4.78, 5) is 12.8. The van der Waals surface area contributed by atoms with Crippen LogP contribution in [0.2, 0.25) is 0 Å². The van der Waals surface area contributed by atoms with Crippen molar-refractivity contribution in [3.8, 4) is 0 Å². The Morgan fingerprint density at radius 2 is 1.96 bits per heavy atom. The van der Waals surface area contributed by atoms with E-state index in [9.17, 15) is 4.79 Å². The number of para-hydroxylation sites is 1. The van der Waals surface area contributed by atoms with Crippen LogP contribution in [0.25, 0.3) is 0 Å². The van der Waals surface area contributed by atoms with Gasteiger partial charge in [0.1, 0.15) is 0 Å². The minimum atomic E-state index is -0.430. The van der Waals surface area contributed by atoms with Crippen LogP contribution in [0.4, 0.5) is 5.69 Å². The number of hydrogen-bond acceptors (Lipinski definition) is 3. The minimum Gasteiger partial charge on any atom is -0.468 e. The lowest BCUT2D eigenvalue weighted by molar-refractivity contribution is -0.151. The van der Waals surface area contributed by atoms with E-state index >= 15 is 0 Å². The average molecular weight is 366 g/mol. The molecule has 1 aliphatic heterocycles. The van der Waals surface area contributed by atoms with Crippen LogP contribution in [0.3, 0.4) is 0 Å². The third kappa shape index (κ3) is 2.12. The molecule has 1 aromatic rings. The Morgan fingerprint density at radius 1 is 1.19 bits per heavy atom. The Labute approximate surface area is 162 Å². The second kappa shape index (κ2) is 5.62. The van der Waals surface area contributed by atoms with Crippen LogP contribution in [-0.2, 0) is 9.53 Å². The van der Waals surface area contributed by atoms with Crippen molar-refractivity contribution < 1.29 is 9.53 Å². The maximum atomic E-state index is 12.8. The summed E-state index contributed by atoms with van der Waals surface area (Å²) in [6, 6.07) is 9.36. The van der Waals surface area contributed by atoms with Gasteiger partial charge in [-0.1, -0.05) is 43.2 Å². The van der Waals surface area contributed by atoms with Crippen LogP contribution < -0.4 is 5.32 Å². The SMILES string of the molecule is COC(=O)[C@@]1(C)CC[C@@H]2C3=C1CC[C@@H](C)[C@]3(C)C[C@@H]1c3ccccc3N[C@H]21. The monoisotopic (exact) mass is 365 g/mol. The van der Waals surface area contributed by atoms with Crippen molar-refractivity contribution in [2.45, 2.75) is 64.8 Å². The number of anilines is 1. The van der Waals surface area contributed by atoms with Crippen LogP contribution in [0, 0.1) is 22.7 Å². The molecule has 5 rings (SSSR count). The van der Waals surface area contributed by atoms with Crippen molar-refractivity contribution in [1.82, 2.24) is 0 Å². The lowest BCUT2D eigenvalue weighted by Gasteiger charge is -2.58. The van der Waals surface area contributed by atoms with Crippen molar-refractivity contribution in [3.05, 3.63) is 41.0 Å². The molecular weight excluding hydrogens is 334 g/mol. The van der Waals surface area contributed by atoms with Gasteiger partial charge in [-0.05, 0) is 62.0 Å². The Bertz CT molecular complexity index is 843. The van der Waals surface area contributed by atoms with Gasteiger partial charge < -0.3 is 10.1 Å². The number of ether oxygens (including phenoxy) is 1. The molecular formula is C24H31NO2. The van der Waals surface area contributed by atoms with Crippen molar-refractivity contribution in [2.24, 2.45) is 22.7 Å². The molecule has 0 spiro atoms. The summed E-state index contributed by atoms with van der Waals surface area (Å²) in [6.45, 7) is 7.05. The predicted molar refractivity (Wildman–Crippen MR) is 108 cm³/mol. The molecule has 1 fully saturated rings. The highest BCUT2D eigenvalue weighted by Gasteiger charge is 2.59. The van der Waals surface area contributed by atoms with Gasteiger partial charge in [0.2, 0.25) is 0 Å². The molecule has 4 aliphatic rings. The second-order valence-electron chi connectivity index (χ2n) is 9.79. The summed E-state index contributed by atoms with van der Waals surface area (Å²) in [5.74, 6) is 1.75. The number of carbonyl (C=O) groups excluding carboxylic acids is 1. The second-order valence-corrected chi connectivity index (χ2v) is 9.79. The number of benzene rings is 1. The zero-order chi connectivity index (χ0) is 19.0. The molecule has 3 aliphatic carbocycles. The lowest BCUT2D eigenvalue weighted by atomic mass is 9.47. The molecule has 1 N–H and O–H groups in total. The molecule has 1 aromatic carbocycles. The normalized spacial score (nSPS) is 41.9. The van der Waals surface area contributed by atoms with Crippen molar-refractivity contribution in [3.63, 3.8) is 0 Å². The first-order valence-electron chi connectivity index (χ1n) is 10.6. The van der Waals surface area contributed by atoms with Gasteiger partial charge in [-0.15, -0.1) is 0 Å². The standard InChI is InChI=1S/C24H31NO2/c1-14-9-10-18-20-16(11-12-23(18,2)22(26)27-4)21-17(13-24(14,20)3)15-7-5-6-8-19(15)25-21/h5-8,14,16-17,21,25H,9-13H2,1-4H3/t14-,16-,17-,21-,23+,24+/m1/s1. The summed E-state index contributed by atoms with van der Waals surface area (Å²) in [6.07, 6.45) is 5.42. The molecule has 3 heteroatoms. The number of rotatable bonds is 1. The smallest absolute Gasteiger partial charge is 0.315 e. The number of carbonyl (C=O) groups is 1. The molecule has 0 aromatic heterocycles. The van der Waals surface area contributed by atoms with Crippen molar-refractivity contribution in [2.75, 3.05) is 12.4 Å². The van der Waals surface area contributed by atoms with Crippen molar-refractivity contribution in [1.29, 1.82) is 0 Å². The largest absolute Gasteiger partial charge is 0.468 e. The summed E-state index contributed by atoms with van der Waals surface area (Å²) >= 11 is 0. The molecule has 0 saturated heterocycles. The van der Waals surface area contributed by atoms with Gasteiger partial charge in [-0.2, -0.15) is 0 Å². The Kier molecular flexibility index (Phi) is 3.61. The molecule has 144 valence electrons. The van der Waals surface area contributed by atoms with E-state index < -0.39 is 5.41 Å². The number of esters is 1. The highest BCUT2D eigenvalue weighted by molar-refractivity contribution is 5.81. The van der Waals surface area contributed by atoms with Gasteiger partial charge in [0.15, 0.2) is 0 Å². The van der Waals surface area contributed by atoms with Crippen LogP contribution in [0.15, 0.2) is 35.4 Å². The van der Waals surface area contributed by atoms with E-state index in [1.54, 1.807) is 12.7 Å². The molecule has 0 radical (unpaired) electrons. The molecule has 27 heavy (non-hydrogen) atoms. The summed E-state index contributed by atoms with van der Waals surface area (Å²) in [7, 11) is 1.54. The molecule has 6 atom stereocenters. The zero-order valence-electron chi connectivity index (χ0n) is 17.0. The highest BCUT2D eigenvalue weighted by Crippen LogP contribution is 2.66. The summed E-state index contributed by atoms with van der Waals surface area (Å²) < 4.78 is 5.27. The molecule has 0 bridgehead atoms. The molecule has 1 heterocycles. The third-order valence-electron chi connectivity index (χ3n) is 8.68. The number of nitrogens with one attached hydrogen (secondary N) is 1. The molecule has 3 nitrogen and oxygen atoms in total. The Balaban J connectivity index is 1.68. The number of fused-ring (bicyclic) bond motifs is 4. The van der Waals surface area contributed by atoms with Crippen LogP contribution in [0.1, 0.15) is 64.4 Å². The van der Waals surface area contributed by atoms with E-state index in [2.05, 4.69) is 50.4 Å².